The molecule has 2 heterocycles. The molecule has 2 N–H and O–H groups in total. The van der Waals surface area contributed by atoms with E-state index in [2.05, 4.69) is 57.8 Å². The third kappa shape index (κ3) is 2.09. The molecule has 0 unspecified atom stereocenters. The van der Waals surface area contributed by atoms with Gasteiger partial charge in [0.25, 0.3) is 0 Å². The Bertz CT molecular complexity index is 968. The lowest BCUT2D eigenvalue weighted by Crippen LogP contribution is -1.95. The summed E-state index contributed by atoms with van der Waals surface area (Å²) in [6, 6.07) is 14.5. The lowest BCUT2D eigenvalue weighted by atomic mass is 10.1. The second kappa shape index (κ2) is 4.84. The third-order valence-corrected chi connectivity index (χ3v) is 3.85. The largest absolute Gasteiger partial charge is 0.355 e. The van der Waals surface area contributed by atoms with Crippen LogP contribution in [0.3, 0.4) is 0 Å². The second-order valence-electron chi connectivity index (χ2n) is 5.60. The highest BCUT2D eigenvalue weighted by Crippen LogP contribution is 2.31. The van der Waals surface area contributed by atoms with Crippen LogP contribution in [0, 0.1) is 13.8 Å². The van der Waals surface area contributed by atoms with Crippen LogP contribution in [-0.2, 0) is 0 Å². The predicted molar refractivity (Wildman–Crippen MR) is 90.6 cm³/mol. The molecule has 0 aliphatic carbocycles. The van der Waals surface area contributed by atoms with Gasteiger partial charge in [-0.05, 0) is 44.2 Å². The monoisotopic (exact) mass is 288 g/mol. The summed E-state index contributed by atoms with van der Waals surface area (Å²) in [4.78, 5) is 4.63. The van der Waals surface area contributed by atoms with E-state index in [1.54, 1.807) is 0 Å². The van der Waals surface area contributed by atoms with Crippen LogP contribution in [0.15, 0.2) is 48.7 Å². The van der Waals surface area contributed by atoms with Crippen molar-refractivity contribution in [2.75, 3.05) is 5.32 Å². The van der Waals surface area contributed by atoms with E-state index in [1.165, 1.54) is 5.56 Å². The molecule has 0 atom stereocenters. The molecule has 0 bridgehead atoms. The molecule has 4 heteroatoms. The van der Waals surface area contributed by atoms with E-state index in [-0.39, 0.29) is 0 Å². The average Bonchev–Trinajstić information content (AvgIpc) is 2.97. The van der Waals surface area contributed by atoms with Gasteiger partial charge in [-0.1, -0.05) is 17.7 Å². The Morgan fingerprint density at radius 1 is 1.00 bits per heavy atom. The van der Waals surface area contributed by atoms with E-state index in [4.69, 9.17) is 0 Å². The van der Waals surface area contributed by atoms with Gasteiger partial charge in [-0.3, -0.25) is 10.1 Å². The van der Waals surface area contributed by atoms with Crippen LogP contribution in [-0.4, -0.2) is 15.2 Å². The van der Waals surface area contributed by atoms with E-state index in [0.717, 1.165) is 38.9 Å². The fraction of sp³-hybridized carbons (Fsp3) is 0.111. The number of anilines is 2. The van der Waals surface area contributed by atoms with Crippen LogP contribution in [0.2, 0.25) is 0 Å². The number of nitrogens with one attached hydrogen (secondary N) is 2. The van der Waals surface area contributed by atoms with Crippen LogP contribution in [0.1, 0.15) is 11.3 Å². The number of hydrogen-bond donors (Lipinski definition) is 2. The van der Waals surface area contributed by atoms with Gasteiger partial charge in [0.05, 0.1) is 22.9 Å². The summed E-state index contributed by atoms with van der Waals surface area (Å²) in [6.45, 7) is 4.10. The summed E-state index contributed by atoms with van der Waals surface area (Å²) in [7, 11) is 0. The predicted octanol–water partition coefficient (Wildman–Crippen LogP) is 4.47. The highest BCUT2D eigenvalue weighted by molar-refractivity contribution is 6.10. The van der Waals surface area contributed by atoms with E-state index >= 15 is 0 Å². The fourth-order valence-electron chi connectivity index (χ4n) is 2.76. The van der Waals surface area contributed by atoms with E-state index in [1.807, 2.05) is 25.3 Å². The maximum absolute atomic E-state index is 4.63. The number of aromatic amines is 1. The van der Waals surface area contributed by atoms with Gasteiger partial charge in [-0.25, -0.2) is 0 Å². The maximum Gasteiger partial charge on any atom is 0.0765 e. The summed E-state index contributed by atoms with van der Waals surface area (Å²) in [5, 5.41) is 12.9. The summed E-state index contributed by atoms with van der Waals surface area (Å²) < 4.78 is 0. The third-order valence-electron chi connectivity index (χ3n) is 3.85. The number of aromatic nitrogens is 3. The summed E-state index contributed by atoms with van der Waals surface area (Å²) in [5.41, 5.74) is 6.32. The number of pyridine rings is 1. The normalized spacial score (nSPS) is 11.2. The molecule has 0 aliphatic heterocycles. The zero-order valence-electron chi connectivity index (χ0n) is 12.5. The van der Waals surface area contributed by atoms with Gasteiger partial charge in [0.2, 0.25) is 0 Å². The minimum Gasteiger partial charge on any atom is -0.355 e. The van der Waals surface area contributed by atoms with Crippen molar-refractivity contribution >= 4 is 33.2 Å². The highest BCUT2D eigenvalue weighted by atomic mass is 15.1. The van der Waals surface area contributed by atoms with Crippen molar-refractivity contribution in [3.63, 3.8) is 0 Å². The first-order chi connectivity index (χ1) is 10.7. The zero-order chi connectivity index (χ0) is 15.1. The Morgan fingerprint density at radius 3 is 2.64 bits per heavy atom. The number of benzene rings is 2. The van der Waals surface area contributed by atoms with Gasteiger partial charge in [0, 0.05) is 22.2 Å². The lowest BCUT2D eigenvalue weighted by Gasteiger charge is -2.12. The number of fused-ring (bicyclic) bond motifs is 3. The molecule has 2 aromatic carbocycles. The highest BCUT2D eigenvalue weighted by Gasteiger charge is 2.10. The van der Waals surface area contributed by atoms with E-state index < -0.39 is 0 Å². The summed E-state index contributed by atoms with van der Waals surface area (Å²) >= 11 is 0. The van der Waals surface area contributed by atoms with Crippen LogP contribution in [0.5, 0.6) is 0 Å². The van der Waals surface area contributed by atoms with Crippen molar-refractivity contribution in [1.82, 2.24) is 15.2 Å². The van der Waals surface area contributed by atoms with Crippen molar-refractivity contribution in [2.24, 2.45) is 0 Å². The van der Waals surface area contributed by atoms with Gasteiger partial charge < -0.3 is 5.32 Å². The van der Waals surface area contributed by atoms with Gasteiger partial charge >= 0.3 is 0 Å². The molecule has 4 aromatic rings. The molecule has 0 aliphatic rings. The summed E-state index contributed by atoms with van der Waals surface area (Å²) in [5.74, 6) is 0. The summed E-state index contributed by atoms with van der Waals surface area (Å²) in [6.07, 6.45) is 1.84. The molecule has 0 radical (unpaired) electrons. The smallest absolute Gasteiger partial charge is 0.0765 e. The molecule has 4 nitrogen and oxygen atoms in total. The Hall–Kier alpha value is -2.88. The molecule has 108 valence electrons. The molecule has 22 heavy (non-hydrogen) atoms. The molecule has 2 aromatic heterocycles. The van der Waals surface area contributed by atoms with Crippen molar-refractivity contribution in [1.29, 1.82) is 0 Å². The lowest BCUT2D eigenvalue weighted by molar-refractivity contribution is 1.12. The minimum atomic E-state index is 0.964. The number of H-pyrrole nitrogens is 1. The average molecular weight is 288 g/mol. The number of hydrogen-bond acceptors (Lipinski definition) is 3. The van der Waals surface area contributed by atoms with Crippen molar-refractivity contribution in [3.8, 4) is 0 Å². The van der Waals surface area contributed by atoms with Gasteiger partial charge in [0.15, 0.2) is 0 Å². The zero-order valence-corrected chi connectivity index (χ0v) is 12.5. The molecule has 0 fully saturated rings. The Balaban J connectivity index is 1.94. The Kier molecular flexibility index (Phi) is 2.82. The van der Waals surface area contributed by atoms with Crippen LogP contribution in [0.25, 0.3) is 21.8 Å². The van der Waals surface area contributed by atoms with Crippen LogP contribution < -0.4 is 5.32 Å². The Morgan fingerprint density at radius 2 is 1.82 bits per heavy atom. The van der Waals surface area contributed by atoms with Crippen LogP contribution >= 0.6 is 0 Å². The maximum atomic E-state index is 4.63. The topological polar surface area (TPSA) is 53.6 Å². The standard InChI is InChI=1S/C18H16N4/c1-11-3-6-14(7-4-11)21-16-9-12(2)20-15-8-5-13-10-19-22-18(13)17(15)16/h3-10H,1-2H3,(H,19,22)(H,20,21). The molecule has 0 saturated heterocycles. The number of nitrogens with zero attached hydrogens (tertiary/aromatic N) is 2. The van der Waals surface area contributed by atoms with E-state index in [0.29, 0.717) is 0 Å². The van der Waals surface area contributed by atoms with E-state index in [9.17, 15) is 0 Å². The van der Waals surface area contributed by atoms with Crippen molar-refractivity contribution in [3.05, 3.63) is 59.9 Å². The minimum absolute atomic E-state index is 0.964. The molecular weight excluding hydrogens is 272 g/mol. The van der Waals surface area contributed by atoms with Crippen molar-refractivity contribution < 1.29 is 0 Å². The second-order valence-corrected chi connectivity index (χ2v) is 5.60. The van der Waals surface area contributed by atoms with Crippen molar-refractivity contribution in [2.45, 2.75) is 13.8 Å². The molecule has 4 rings (SSSR count). The molecule has 0 saturated carbocycles. The SMILES string of the molecule is Cc1ccc(Nc2cc(C)nc3ccc4cn[nH]c4c23)cc1. The van der Waals surface area contributed by atoms with Gasteiger partial charge in [-0.15, -0.1) is 0 Å². The quantitative estimate of drug-likeness (QED) is 0.572. The first-order valence-electron chi connectivity index (χ1n) is 7.28. The van der Waals surface area contributed by atoms with Gasteiger partial charge in [0.1, 0.15) is 0 Å². The molecular formula is C18H16N4. The number of rotatable bonds is 2. The first-order valence-corrected chi connectivity index (χ1v) is 7.28. The van der Waals surface area contributed by atoms with Crippen LogP contribution in [0.4, 0.5) is 11.4 Å². The van der Waals surface area contributed by atoms with Gasteiger partial charge in [-0.2, -0.15) is 5.10 Å². The number of aryl methyl sites for hydroxylation is 2. The first kappa shape index (κ1) is 12.8. The molecule has 0 spiro atoms. The molecule has 0 amide bonds. The Labute approximate surface area is 128 Å². The fourth-order valence-corrected chi connectivity index (χ4v) is 2.76.